The Labute approximate surface area is 622 Å². The predicted molar refractivity (Wildman–Crippen MR) is 413 cm³/mol. The number of aromatic amines is 3. The minimum atomic E-state index is -0.552. The molecule has 28 heteroatoms. The number of halogens is 3. The van der Waals surface area contributed by atoms with E-state index in [1.54, 1.807) is 123 Å². The number of amides is 3. The van der Waals surface area contributed by atoms with Gasteiger partial charge in [0.1, 0.15) is 45.4 Å². The summed E-state index contributed by atoms with van der Waals surface area (Å²) in [4.78, 5) is 83.1. The first-order chi connectivity index (χ1) is 52.7. The highest BCUT2D eigenvalue weighted by molar-refractivity contribution is 6.04. The molecule has 3 aliphatic heterocycles. The van der Waals surface area contributed by atoms with Crippen LogP contribution in [-0.2, 0) is 14.4 Å². The third-order valence-electron chi connectivity index (χ3n) is 19.4. The van der Waals surface area contributed by atoms with E-state index in [9.17, 15) is 28.8 Å². The second-order valence-corrected chi connectivity index (χ2v) is 26.8. The fraction of sp³-hybridized carbons (Fsp3) is 0.222. The van der Waals surface area contributed by atoms with Crippen LogP contribution >= 0.6 is 0 Å². The van der Waals surface area contributed by atoms with Crippen molar-refractivity contribution in [2.45, 2.75) is 56.7 Å². The van der Waals surface area contributed by atoms with Gasteiger partial charge in [-0.05, 0) is 149 Å². The van der Waals surface area contributed by atoms with Crippen molar-refractivity contribution < 1.29 is 41.8 Å². The van der Waals surface area contributed by atoms with Crippen LogP contribution < -0.4 is 48.1 Å². The second kappa shape index (κ2) is 32.6. The first kappa shape index (κ1) is 74.0. The molecule has 0 spiro atoms. The number of H-pyrrole nitrogens is 3. The molecular formula is C81H79F3N16O9. The van der Waals surface area contributed by atoms with Crippen LogP contribution in [0, 0.1) is 17.5 Å². The molecular weight excluding hydrogens is 1400 g/mol. The van der Waals surface area contributed by atoms with E-state index in [4.69, 9.17) is 31.4 Å². The molecule has 3 amide bonds. The van der Waals surface area contributed by atoms with E-state index < -0.39 is 34.1 Å². The number of para-hydroxylation sites is 3. The molecule has 0 bridgehead atoms. The van der Waals surface area contributed by atoms with Gasteiger partial charge in [0.2, 0.25) is 17.7 Å². The smallest absolute Gasteiger partial charge is 0.288 e. The maximum Gasteiger partial charge on any atom is 0.288 e. The average molecular weight is 1480 g/mol. The summed E-state index contributed by atoms with van der Waals surface area (Å²) in [5, 5.41) is 20.4. The number of nitrogen functional groups attached to an aromatic ring is 3. The molecule has 6 aromatic carbocycles. The fourth-order valence-corrected chi connectivity index (χ4v) is 14.2. The van der Waals surface area contributed by atoms with Gasteiger partial charge in [0.05, 0.1) is 34.3 Å². The van der Waals surface area contributed by atoms with Crippen molar-refractivity contribution in [1.82, 2.24) is 63.9 Å². The summed E-state index contributed by atoms with van der Waals surface area (Å²) >= 11 is 0. The van der Waals surface area contributed by atoms with Crippen molar-refractivity contribution >= 4 is 67.9 Å². The van der Waals surface area contributed by atoms with Gasteiger partial charge in [-0.1, -0.05) is 86.0 Å². The fourth-order valence-electron chi connectivity index (χ4n) is 14.2. The SMILES string of the molecule is C=CC(=O)N1CCC[C@@H](n2cc(-c3ccc(Oc4ccccc4)c(F)c3)c3c(N)n[nH]c(=O)c32)C1.C=CC(=O)N1CCC[C@@H](n2cc(-c3ccc(Oc4ccccc4)cc3F)c3c(N)n[nH]c(=O)c32)C1.CN(C)C/C=C/C(=O)N1CCC[C@@H](n2cc(-c3ccc(Oc4ccccc4)c(F)c3)c3c(N)n[nH]c(=O)c32)C1. The van der Waals surface area contributed by atoms with Crippen molar-refractivity contribution in [3.63, 3.8) is 0 Å². The largest absolute Gasteiger partial charge is 0.457 e. The number of carbonyl (C=O) groups excluding carboxylic acids is 3. The van der Waals surface area contributed by atoms with Crippen LogP contribution in [0.5, 0.6) is 34.5 Å². The van der Waals surface area contributed by atoms with Crippen LogP contribution in [0.3, 0.4) is 0 Å². The van der Waals surface area contributed by atoms with E-state index >= 15 is 13.2 Å². The molecule has 3 atom stereocenters. The van der Waals surface area contributed by atoms with Crippen molar-refractivity contribution in [2.24, 2.45) is 0 Å². The summed E-state index contributed by atoms with van der Waals surface area (Å²) in [6.45, 7) is 11.0. The van der Waals surface area contributed by atoms with Crippen molar-refractivity contribution in [2.75, 3.05) is 77.1 Å². The lowest BCUT2D eigenvalue weighted by Gasteiger charge is -2.33. The van der Waals surface area contributed by atoms with Crippen LogP contribution in [0.4, 0.5) is 30.6 Å². The number of rotatable bonds is 17. The number of hydrogen-bond acceptors (Lipinski definition) is 16. The quantitative estimate of drug-likeness (QED) is 0.0461. The molecule has 0 saturated carbocycles. The number of fused-ring (bicyclic) bond motifs is 3. The van der Waals surface area contributed by atoms with E-state index in [2.05, 4.69) is 43.7 Å². The Hall–Kier alpha value is -13.2. The highest BCUT2D eigenvalue weighted by Gasteiger charge is 2.32. The number of benzene rings is 6. The number of hydrogen-bond donors (Lipinski definition) is 6. The van der Waals surface area contributed by atoms with Gasteiger partial charge in [0.25, 0.3) is 16.7 Å². The van der Waals surface area contributed by atoms with E-state index in [0.717, 1.165) is 38.5 Å². The number of anilines is 3. The lowest BCUT2D eigenvalue weighted by atomic mass is 10.0. The zero-order valence-corrected chi connectivity index (χ0v) is 59.7. The molecule has 12 aromatic rings. The molecule has 0 unspecified atom stereocenters. The van der Waals surface area contributed by atoms with Crippen LogP contribution in [0.2, 0.25) is 0 Å². The number of nitrogens with one attached hydrogen (secondary N) is 3. The van der Waals surface area contributed by atoms with Gasteiger partial charge in [-0.2, -0.15) is 15.3 Å². The number of nitrogens with two attached hydrogens (primary N) is 3. The van der Waals surface area contributed by atoms with Crippen LogP contribution in [0.25, 0.3) is 66.1 Å². The zero-order valence-electron chi connectivity index (χ0n) is 59.7. The number of aromatic nitrogens is 9. The van der Waals surface area contributed by atoms with E-state index in [1.807, 2.05) is 82.9 Å². The maximum absolute atomic E-state index is 15.4. The summed E-state index contributed by atoms with van der Waals surface area (Å²) < 4.78 is 68.1. The summed E-state index contributed by atoms with van der Waals surface area (Å²) in [5.41, 5.74) is 21.3. The Kier molecular flexibility index (Phi) is 22.2. The highest BCUT2D eigenvalue weighted by atomic mass is 19.1. The molecule has 9 heterocycles. The number of likely N-dealkylation sites (tertiary alicyclic amines) is 3. The Balaban J connectivity index is 0.000000144. The molecule has 0 aliphatic carbocycles. The number of piperidine rings is 3. The van der Waals surface area contributed by atoms with Crippen LogP contribution in [-0.4, -0.2) is 142 Å². The van der Waals surface area contributed by atoms with Gasteiger partial charge in [-0.25, -0.2) is 28.5 Å². The monoisotopic (exact) mass is 1480 g/mol. The lowest BCUT2D eigenvalue weighted by molar-refractivity contribution is -0.128. The number of nitrogens with zero attached hydrogens (tertiary/aromatic N) is 10. The standard InChI is InChI=1S/C29H31FN6O3.2C26H24FN5O3/c1-34(2)14-7-11-25(37)35-15-6-8-20(17-35)36-18-22(26-27(36)29(38)33-32-28(26)31)19-12-13-24(23(30)16-19)39-21-9-4-3-5-10-21;1-2-22(33)31-12-6-7-17(14-31)32-15-19(23-24(32)26(34)30-29-25(23)28)16-10-11-21(20(27)13-16)35-18-8-4-3-5-9-18;1-2-22(33)31-12-6-7-16(14-31)32-15-20(23-24(32)26(34)30-29-25(23)28)19-11-10-18(13-21(19)27)35-17-8-4-3-5-9-17/h3-5,7,9-13,16,18,20H,6,8,14-15,17H2,1-2H3,(H2,31,32)(H,33,38);2-5,8-11,13,15,17H,1,6-7,12,14H2,(H2,28,29)(H,30,34);2-5,8-11,13,15-16H,1,6-7,12,14H2,(H2,28,29)(H,30,34)/b11-7+;;/t20-;17-;16-/m111/s1. The summed E-state index contributed by atoms with van der Waals surface area (Å²) in [6, 6.07) is 40.3. The van der Waals surface area contributed by atoms with E-state index in [1.165, 1.54) is 30.4 Å². The van der Waals surface area contributed by atoms with Gasteiger partial charge >= 0.3 is 0 Å². The Bertz CT molecular complexity index is 5620. The first-order valence-corrected chi connectivity index (χ1v) is 35.4. The van der Waals surface area contributed by atoms with Crippen molar-refractivity contribution in [1.29, 1.82) is 0 Å². The van der Waals surface area contributed by atoms with E-state index in [-0.39, 0.29) is 70.4 Å². The molecule has 3 fully saturated rings. The van der Waals surface area contributed by atoms with Gasteiger partial charge < -0.3 is 64.7 Å². The number of ether oxygens (including phenoxy) is 3. The topological polar surface area (TPSA) is 322 Å². The molecule has 0 radical (unpaired) electrons. The molecule has 15 rings (SSSR count). The molecule has 109 heavy (non-hydrogen) atoms. The first-order valence-electron chi connectivity index (χ1n) is 35.4. The molecule has 3 saturated heterocycles. The number of carbonyl (C=O) groups is 3. The Morgan fingerprint density at radius 3 is 1.23 bits per heavy atom. The highest BCUT2D eigenvalue weighted by Crippen LogP contribution is 2.42. The van der Waals surface area contributed by atoms with Crippen LogP contribution in [0.15, 0.2) is 216 Å². The molecule has 558 valence electrons. The van der Waals surface area contributed by atoms with Crippen molar-refractivity contribution in [3.05, 3.63) is 250 Å². The molecule has 6 aromatic heterocycles. The Morgan fingerprint density at radius 1 is 0.477 bits per heavy atom. The predicted octanol–water partition coefficient (Wildman–Crippen LogP) is 12.7. The number of likely N-dealkylation sites (N-methyl/N-ethyl adjacent to an activating group) is 1. The molecule has 3 aliphatic rings. The van der Waals surface area contributed by atoms with Gasteiger partial charge in [-0.15, -0.1) is 0 Å². The third kappa shape index (κ3) is 16.1. The average Bonchev–Trinajstić information content (AvgIpc) is 1.61. The zero-order chi connectivity index (χ0) is 76.6. The summed E-state index contributed by atoms with van der Waals surface area (Å²) in [6.07, 6.45) is 15.9. The van der Waals surface area contributed by atoms with Crippen LogP contribution in [0.1, 0.15) is 56.7 Å². The third-order valence-corrected chi connectivity index (χ3v) is 19.4. The van der Waals surface area contributed by atoms with Gasteiger partial charge in [0.15, 0.2) is 40.6 Å². The Morgan fingerprint density at radius 2 is 0.853 bits per heavy atom. The van der Waals surface area contributed by atoms with E-state index in [0.29, 0.717) is 129 Å². The minimum Gasteiger partial charge on any atom is -0.457 e. The molecule has 9 N–H and O–H groups in total. The minimum absolute atomic E-state index is 0.0654. The van der Waals surface area contributed by atoms with Crippen molar-refractivity contribution in [3.8, 4) is 67.9 Å². The van der Waals surface area contributed by atoms with Gasteiger partial charge in [0, 0.05) is 98.8 Å². The summed E-state index contributed by atoms with van der Waals surface area (Å²) in [5.74, 6) is 0.492. The summed E-state index contributed by atoms with van der Waals surface area (Å²) in [7, 11) is 3.88. The second-order valence-electron chi connectivity index (χ2n) is 26.8. The lowest BCUT2D eigenvalue weighted by Crippen LogP contribution is -2.40. The molecule has 25 nitrogen and oxygen atoms in total. The normalized spacial score (nSPS) is 15.8. The maximum atomic E-state index is 15.4. The van der Waals surface area contributed by atoms with Gasteiger partial charge in [-0.3, -0.25) is 28.8 Å².